The van der Waals surface area contributed by atoms with E-state index in [0.29, 0.717) is 6.04 Å². The molecule has 0 saturated carbocycles. The third-order valence-electron chi connectivity index (χ3n) is 3.19. The summed E-state index contributed by atoms with van der Waals surface area (Å²) in [4.78, 5) is 2.34. The summed E-state index contributed by atoms with van der Waals surface area (Å²) in [5.41, 5.74) is 8.27. The Bertz CT molecular complexity index is 340. The van der Waals surface area contributed by atoms with Crippen molar-refractivity contribution in [1.82, 2.24) is 4.90 Å². The lowest BCUT2D eigenvalue weighted by molar-refractivity contribution is 0.0419. The van der Waals surface area contributed by atoms with Gasteiger partial charge in [0, 0.05) is 0 Å². The molecule has 1 aliphatic heterocycles. The maximum absolute atomic E-state index is 5.64. The van der Waals surface area contributed by atoms with E-state index in [9.17, 15) is 0 Å². The number of rotatable bonds is 4. The van der Waals surface area contributed by atoms with E-state index in [4.69, 9.17) is 10.5 Å². The number of likely N-dealkylation sites (N-methyl/N-ethyl adjacent to an activating group) is 1. The third-order valence-corrected chi connectivity index (χ3v) is 3.19. The normalized spacial score (nSPS) is 19.8. The fourth-order valence-electron chi connectivity index (χ4n) is 2.22. The molecule has 0 aromatic heterocycles. The van der Waals surface area contributed by atoms with Crippen LogP contribution in [0, 0.1) is 0 Å². The van der Waals surface area contributed by atoms with Crippen LogP contribution in [0.1, 0.15) is 23.6 Å². The molecule has 0 radical (unpaired) electrons. The highest BCUT2D eigenvalue weighted by atomic mass is 16.5. The summed E-state index contributed by atoms with van der Waals surface area (Å²) in [5.74, 6) is 0. The SMILES string of the molecule is CN(CCCN)C1COCc2ccccc21. The molecule has 1 aromatic carbocycles. The zero-order valence-electron chi connectivity index (χ0n) is 9.86. The first kappa shape index (κ1) is 11.6. The van der Waals surface area contributed by atoms with Crippen molar-refractivity contribution in [2.75, 3.05) is 26.7 Å². The Hall–Kier alpha value is -0.900. The van der Waals surface area contributed by atoms with Gasteiger partial charge in [0.15, 0.2) is 0 Å². The lowest BCUT2D eigenvalue weighted by Gasteiger charge is -2.33. The summed E-state index contributed by atoms with van der Waals surface area (Å²) in [7, 11) is 2.14. The molecule has 88 valence electrons. The maximum Gasteiger partial charge on any atom is 0.0721 e. The molecule has 1 atom stereocenters. The Morgan fingerprint density at radius 1 is 1.44 bits per heavy atom. The monoisotopic (exact) mass is 220 g/mol. The van der Waals surface area contributed by atoms with Gasteiger partial charge in [0.05, 0.1) is 19.3 Å². The second-order valence-electron chi connectivity index (χ2n) is 4.35. The van der Waals surface area contributed by atoms with Crippen molar-refractivity contribution >= 4 is 0 Å². The van der Waals surface area contributed by atoms with Crippen LogP contribution in [-0.2, 0) is 11.3 Å². The molecule has 0 spiro atoms. The van der Waals surface area contributed by atoms with Crippen molar-refractivity contribution in [3.63, 3.8) is 0 Å². The number of fused-ring (bicyclic) bond motifs is 1. The van der Waals surface area contributed by atoms with Crippen molar-refractivity contribution < 1.29 is 4.74 Å². The summed E-state index contributed by atoms with van der Waals surface area (Å²) in [6, 6.07) is 8.93. The highest BCUT2D eigenvalue weighted by Gasteiger charge is 2.23. The van der Waals surface area contributed by atoms with E-state index in [1.807, 2.05) is 0 Å². The number of hydrogen-bond acceptors (Lipinski definition) is 3. The molecule has 0 saturated heterocycles. The van der Waals surface area contributed by atoms with Crippen LogP contribution in [0.15, 0.2) is 24.3 Å². The smallest absolute Gasteiger partial charge is 0.0721 e. The summed E-state index contributed by atoms with van der Waals surface area (Å²) in [6.45, 7) is 3.31. The van der Waals surface area contributed by atoms with Crippen LogP contribution in [-0.4, -0.2) is 31.6 Å². The van der Waals surface area contributed by atoms with Crippen molar-refractivity contribution in [3.8, 4) is 0 Å². The van der Waals surface area contributed by atoms with Gasteiger partial charge in [-0.1, -0.05) is 24.3 Å². The molecule has 1 aliphatic rings. The number of benzene rings is 1. The molecule has 16 heavy (non-hydrogen) atoms. The van der Waals surface area contributed by atoms with E-state index in [1.54, 1.807) is 0 Å². The van der Waals surface area contributed by atoms with E-state index in [-0.39, 0.29) is 0 Å². The van der Waals surface area contributed by atoms with Gasteiger partial charge in [-0.3, -0.25) is 4.90 Å². The van der Waals surface area contributed by atoms with E-state index in [0.717, 1.165) is 32.7 Å². The van der Waals surface area contributed by atoms with Gasteiger partial charge in [0.2, 0.25) is 0 Å². The van der Waals surface area contributed by atoms with Crippen LogP contribution in [0.5, 0.6) is 0 Å². The lowest BCUT2D eigenvalue weighted by Crippen LogP contribution is -2.33. The Morgan fingerprint density at radius 2 is 2.25 bits per heavy atom. The quantitative estimate of drug-likeness (QED) is 0.836. The van der Waals surface area contributed by atoms with Crippen LogP contribution in [0.4, 0.5) is 0 Å². The number of nitrogens with zero attached hydrogens (tertiary/aromatic N) is 1. The minimum atomic E-state index is 0.386. The largest absolute Gasteiger partial charge is 0.375 e. The zero-order chi connectivity index (χ0) is 11.4. The molecule has 0 fully saturated rings. The molecule has 3 nitrogen and oxygen atoms in total. The Kier molecular flexibility index (Phi) is 3.93. The van der Waals surface area contributed by atoms with E-state index in [2.05, 4.69) is 36.2 Å². The van der Waals surface area contributed by atoms with Crippen molar-refractivity contribution in [2.24, 2.45) is 5.73 Å². The van der Waals surface area contributed by atoms with E-state index in [1.165, 1.54) is 11.1 Å². The Morgan fingerprint density at radius 3 is 3.06 bits per heavy atom. The molecule has 1 unspecified atom stereocenters. The minimum absolute atomic E-state index is 0.386. The molecule has 1 aromatic rings. The summed E-state index contributed by atoms with van der Waals surface area (Å²) < 4.78 is 5.64. The average Bonchev–Trinajstić information content (AvgIpc) is 2.35. The van der Waals surface area contributed by atoms with Gasteiger partial charge >= 0.3 is 0 Å². The standard InChI is InChI=1S/C13H20N2O/c1-15(8-4-7-14)13-10-16-9-11-5-2-3-6-12(11)13/h2-3,5-6,13H,4,7-10,14H2,1H3. The first-order valence-electron chi connectivity index (χ1n) is 5.89. The molecule has 0 bridgehead atoms. The van der Waals surface area contributed by atoms with Gasteiger partial charge in [-0.05, 0) is 37.7 Å². The number of nitrogens with two attached hydrogens (primary N) is 1. The average molecular weight is 220 g/mol. The molecule has 1 heterocycles. The molecule has 0 aliphatic carbocycles. The van der Waals surface area contributed by atoms with Crippen LogP contribution < -0.4 is 5.73 Å². The van der Waals surface area contributed by atoms with Gasteiger partial charge in [-0.2, -0.15) is 0 Å². The Balaban J connectivity index is 2.12. The second-order valence-corrected chi connectivity index (χ2v) is 4.35. The topological polar surface area (TPSA) is 38.5 Å². The predicted molar refractivity (Wildman–Crippen MR) is 65.1 cm³/mol. The van der Waals surface area contributed by atoms with Crippen LogP contribution in [0.3, 0.4) is 0 Å². The van der Waals surface area contributed by atoms with Crippen molar-refractivity contribution in [3.05, 3.63) is 35.4 Å². The number of hydrogen-bond donors (Lipinski definition) is 1. The fraction of sp³-hybridized carbons (Fsp3) is 0.538. The lowest BCUT2D eigenvalue weighted by atomic mass is 9.98. The van der Waals surface area contributed by atoms with Gasteiger partial charge in [0.1, 0.15) is 0 Å². The zero-order valence-corrected chi connectivity index (χ0v) is 9.86. The highest BCUT2D eigenvalue weighted by Crippen LogP contribution is 2.28. The predicted octanol–water partition coefficient (Wildman–Crippen LogP) is 1.54. The maximum atomic E-state index is 5.64. The molecular formula is C13H20N2O. The summed E-state index contributed by atoms with van der Waals surface area (Å²) >= 11 is 0. The van der Waals surface area contributed by atoms with Gasteiger partial charge in [0.25, 0.3) is 0 Å². The van der Waals surface area contributed by atoms with Crippen LogP contribution >= 0.6 is 0 Å². The van der Waals surface area contributed by atoms with Gasteiger partial charge < -0.3 is 10.5 Å². The molecule has 2 rings (SSSR count). The van der Waals surface area contributed by atoms with E-state index >= 15 is 0 Å². The number of ether oxygens (including phenoxy) is 1. The second kappa shape index (κ2) is 5.43. The van der Waals surface area contributed by atoms with Crippen molar-refractivity contribution in [1.29, 1.82) is 0 Å². The molecule has 2 N–H and O–H groups in total. The van der Waals surface area contributed by atoms with Crippen LogP contribution in [0.25, 0.3) is 0 Å². The molecular weight excluding hydrogens is 200 g/mol. The molecule has 0 amide bonds. The first-order valence-corrected chi connectivity index (χ1v) is 5.89. The Labute approximate surface area is 97.2 Å². The summed E-state index contributed by atoms with van der Waals surface area (Å²) in [6.07, 6.45) is 1.04. The van der Waals surface area contributed by atoms with Gasteiger partial charge in [-0.25, -0.2) is 0 Å². The molecule has 3 heteroatoms. The third kappa shape index (κ3) is 2.43. The summed E-state index contributed by atoms with van der Waals surface area (Å²) in [5, 5.41) is 0. The first-order chi connectivity index (χ1) is 7.83. The minimum Gasteiger partial charge on any atom is -0.375 e. The van der Waals surface area contributed by atoms with E-state index < -0.39 is 0 Å². The fourth-order valence-corrected chi connectivity index (χ4v) is 2.22. The van der Waals surface area contributed by atoms with Crippen molar-refractivity contribution in [2.45, 2.75) is 19.1 Å². The van der Waals surface area contributed by atoms with Crippen LogP contribution in [0.2, 0.25) is 0 Å². The highest BCUT2D eigenvalue weighted by molar-refractivity contribution is 5.31. The van der Waals surface area contributed by atoms with Gasteiger partial charge in [-0.15, -0.1) is 0 Å².